The van der Waals surface area contributed by atoms with Crippen molar-refractivity contribution >= 4 is 44.3 Å². The zero-order chi connectivity index (χ0) is 24.9. The van der Waals surface area contributed by atoms with Gasteiger partial charge in [0.1, 0.15) is 33.0 Å². The van der Waals surface area contributed by atoms with Crippen LogP contribution in [0.2, 0.25) is 0 Å². The lowest BCUT2D eigenvalue weighted by Gasteiger charge is -2.19. The molecule has 0 fully saturated rings. The third-order valence-electron chi connectivity index (χ3n) is 5.68. The largest absolute Gasteiger partial charge is 0.478 e. The summed E-state index contributed by atoms with van der Waals surface area (Å²) in [7, 11) is 0. The molecule has 3 heterocycles. The minimum atomic E-state index is -1.37. The second-order valence-corrected chi connectivity index (χ2v) is 9.47. The van der Waals surface area contributed by atoms with E-state index in [9.17, 15) is 19.1 Å². The number of aryl methyl sites for hydroxylation is 2. The van der Waals surface area contributed by atoms with Gasteiger partial charge >= 0.3 is 5.97 Å². The SMILES string of the molecule is Cc1cc(C(C)Nc2cccc(F)c2C(=O)O)c2oc(-c3ccc4nc(C)sc4n3)cc(=O)c2c1. The van der Waals surface area contributed by atoms with Crippen molar-refractivity contribution in [1.82, 2.24) is 9.97 Å². The number of rotatable bonds is 5. The summed E-state index contributed by atoms with van der Waals surface area (Å²) in [4.78, 5) is 34.5. The molecule has 2 N–H and O–H groups in total. The zero-order valence-electron chi connectivity index (χ0n) is 19.0. The molecule has 5 aromatic rings. The van der Waals surface area contributed by atoms with Crippen molar-refractivity contribution in [3.8, 4) is 11.5 Å². The first kappa shape index (κ1) is 22.7. The van der Waals surface area contributed by atoms with Crippen molar-refractivity contribution in [3.05, 3.63) is 86.3 Å². The van der Waals surface area contributed by atoms with E-state index in [1.165, 1.54) is 29.5 Å². The topological polar surface area (TPSA) is 105 Å². The third kappa shape index (κ3) is 4.15. The first-order chi connectivity index (χ1) is 16.7. The van der Waals surface area contributed by atoms with E-state index in [1.54, 1.807) is 19.1 Å². The van der Waals surface area contributed by atoms with Crippen molar-refractivity contribution in [3.63, 3.8) is 0 Å². The lowest BCUT2D eigenvalue weighted by atomic mass is 10.0. The second kappa shape index (κ2) is 8.59. The van der Waals surface area contributed by atoms with Crippen LogP contribution in [0.1, 0.15) is 39.5 Å². The highest BCUT2D eigenvalue weighted by Gasteiger charge is 2.21. The number of aromatic nitrogens is 2. The molecule has 0 saturated heterocycles. The highest BCUT2D eigenvalue weighted by atomic mass is 32.1. The van der Waals surface area contributed by atoms with Crippen molar-refractivity contribution in [2.45, 2.75) is 26.8 Å². The van der Waals surface area contributed by atoms with Crippen molar-refractivity contribution < 1.29 is 18.7 Å². The molecule has 0 aliphatic heterocycles. The van der Waals surface area contributed by atoms with Crippen LogP contribution in [0.4, 0.5) is 10.1 Å². The van der Waals surface area contributed by atoms with Crippen LogP contribution in [-0.2, 0) is 0 Å². The number of halogens is 1. The van der Waals surface area contributed by atoms with Crippen LogP contribution in [0, 0.1) is 19.7 Å². The Labute approximate surface area is 202 Å². The van der Waals surface area contributed by atoms with E-state index in [4.69, 9.17) is 4.42 Å². The Bertz CT molecular complexity index is 1690. The number of fused-ring (bicyclic) bond motifs is 2. The van der Waals surface area contributed by atoms with Crippen LogP contribution < -0.4 is 10.7 Å². The lowest BCUT2D eigenvalue weighted by molar-refractivity contribution is 0.0693. The third-order valence-corrected chi connectivity index (χ3v) is 6.56. The lowest BCUT2D eigenvalue weighted by Crippen LogP contribution is -2.13. The van der Waals surface area contributed by atoms with Crippen LogP contribution in [0.3, 0.4) is 0 Å². The molecule has 3 aromatic heterocycles. The predicted octanol–water partition coefficient (Wildman–Crippen LogP) is 6.09. The van der Waals surface area contributed by atoms with Crippen LogP contribution in [-0.4, -0.2) is 21.0 Å². The van der Waals surface area contributed by atoms with Gasteiger partial charge in [0.15, 0.2) is 11.2 Å². The second-order valence-electron chi connectivity index (χ2n) is 8.29. The molecule has 9 heteroatoms. The molecule has 0 aliphatic carbocycles. The van der Waals surface area contributed by atoms with Crippen molar-refractivity contribution in [2.24, 2.45) is 0 Å². The molecule has 0 spiro atoms. The highest BCUT2D eigenvalue weighted by molar-refractivity contribution is 7.18. The zero-order valence-corrected chi connectivity index (χ0v) is 19.9. The van der Waals surface area contributed by atoms with E-state index >= 15 is 0 Å². The molecule has 0 saturated carbocycles. The van der Waals surface area contributed by atoms with Gasteiger partial charge in [0.05, 0.1) is 22.1 Å². The summed E-state index contributed by atoms with van der Waals surface area (Å²) in [6.07, 6.45) is 0. The van der Waals surface area contributed by atoms with Crippen molar-refractivity contribution in [1.29, 1.82) is 0 Å². The van der Waals surface area contributed by atoms with E-state index in [0.29, 0.717) is 28.0 Å². The number of anilines is 1. The number of carbonyl (C=O) groups is 1. The average molecular weight is 490 g/mol. The van der Waals surface area contributed by atoms with E-state index in [-0.39, 0.29) is 11.1 Å². The number of thiazole rings is 1. The molecule has 1 unspecified atom stereocenters. The van der Waals surface area contributed by atoms with E-state index in [0.717, 1.165) is 27.0 Å². The van der Waals surface area contributed by atoms with Crippen LogP contribution >= 0.6 is 11.3 Å². The van der Waals surface area contributed by atoms with E-state index in [1.807, 2.05) is 26.0 Å². The minimum absolute atomic E-state index is 0.130. The predicted molar refractivity (Wildman–Crippen MR) is 134 cm³/mol. The first-order valence-corrected chi connectivity index (χ1v) is 11.6. The van der Waals surface area contributed by atoms with Gasteiger partial charge in [0.25, 0.3) is 0 Å². The average Bonchev–Trinajstić information content (AvgIpc) is 3.18. The van der Waals surface area contributed by atoms with Gasteiger partial charge in [-0.1, -0.05) is 23.5 Å². The van der Waals surface area contributed by atoms with Crippen molar-refractivity contribution in [2.75, 3.05) is 5.32 Å². The summed E-state index contributed by atoms with van der Waals surface area (Å²) in [5, 5.41) is 13.8. The molecule has 0 aliphatic rings. The number of hydrogen-bond acceptors (Lipinski definition) is 7. The highest BCUT2D eigenvalue weighted by Crippen LogP contribution is 2.32. The fourth-order valence-electron chi connectivity index (χ4n) is 4.12. The van der Waals surface area contributed by atoms with E-state index < -0.39 is 23.4 Å². The Kier molecular flexibility index (Phi) is 5.56. The Balaban J connectivity index is 1.64. The Morgan fingerprint density at radius 3 is 2.71 bits per heavy atom. The Morgan fingerprint density at radius 1 is 1.14 bits per heavy atom. The summed E-state index contributed by atoms with van der Waals surface area (Å²) in [6.45, 7) is 5.55. The number of carboxylic acids is 1. The van der Waals surface area contributed by atoms with Gasteiger partial charge in [-0.2, -0.15) is 0 Å². The maximum Gasteiger partial charge on any atom is 0.340 e. The number of nitrogens with one attached hydrogen (secondary N) is 1. The van der Waals surface area contributed by atoms with Gasteiger partial charge in [-0.25, -0.2) is 19.2 Å². The van der Waals surface area contributed by atoms with Crippen LogP contribution in [0.15, 0.2) is 57.7 Å². The number of pyridine rings is 1. The Hall–Kier alpha value is -4.11. The molecule has 1 atom stereocenters. The fourth-order valence-corrected chi connectivity index (χ4v) is 4.90. The maximum atomic E-state index is 14.2. The number of aromatic carboxylic acids is 1. The molecule has 7 nitrogen and oxygen atoms in total. The standard InChI is InChI=1S/C26H20FN3O4S/c1-12-9-15(13(2)28-19-6-4-5-17(27)23(19)26(32)33)24-16(10-12)21(31)11-22(34-24)18-7-8-20-25(30-18)35-14(3)29-20/h4-11,13,28H,1-3H3,(H,32,33). The number of benzene rings is 2. The summed E-state index contributed by atoms with van der Waals surface area (Å²) >= 11 is 1.45. The molecular formula is C26H20FN3O4S. The van der Waals surface area contributed by atoms with Gasteiger partial charge in [0, 0.05) is 11.6 Å². The molecule has 176 valence electrons. The number of hydrogen-bond donors (Lipinski definition) is 2. The summed E-state index contributed by atoms with van der Waals surface area (Å²) in [6, 6.07) is 12.1. The number of carboxylic acid groups (broad SMARTS) is 1. The smallest absolute Gasteiger partial charge is 0.340 e. The first-order valence-electron chi connectivity index (χ1n) is 10.8. The minimum Gasteiger partial charge on any atom is -0.478 e. The number of nitrogens with zero attached hydrogens (tertiary/aromatic N) is 2. The quantitative estimate of drug-likeness (QED) is 0.308. The molecule has 2 aromatic carbocycles. The van der Waals surface area contributed by atoms with Gasteiger partial charge in [-0.3, -0.25) is 4.79 Å². The van der Waals surface area contributed by atoms with Crippen LogP contribution in [0.25, 0.3) is 32.8 Å². The molecule has 0 radical (unpaired) electrons. The Morgan fingerprint density at radius 2 is 1.94 bits per heavy atom. The van der Waals surface area contributed by atoms with Crippen LogP contribution in [0.5, 0.6) is 0 Å². The maximum absolute atomic E-state index is 14.2. The molecular weight excluding hydrogens is 469 g/mol. The van der Waals surface area contributed by atoms with Gasteiger partial charge in [-0.05, 0) is 56.7 Å². The van der Waals surface area contributed by atoms with E-state index in [2.05, 4.69) is 15.3 Å². The summed E-state index contributed by atoms with van der Waals surface area (Å²) in [5.74, 6) is -1.90. The molecule has 0 bridgehead atoms. The summed E-state index contributed by atoms with van der Waals surface area (Å²) in [5.41, 5.74) is 2.56. The fraction of sp³-hybridized carbons (Fsp3) is 0.154. The van der Waals surface area contributed by atoms with Gasteiger partial charge < -0.3 is 14.8 Å². The van der Waals surface area contributed by atoms with Gasteiger partial charge in [0.2, 0.25) is 0 Å². The molecule has 5 rings (SSSR count). The molecule has 35 heavy (non-hydrogen) atoms. The molecule has 0 amide bonds. The normalized spacial score (nSPS) is 12.2. The summed E-state index contributed by atoms with van der Waals surface area (Å²) < 4.78 is 20.4. The monoisotopic (exact) mass is 489 g/mol. The van der Waals surface area contributed by atoms with Gasteiger partial charge in [-0.15, -0.1) is 0 Å².